The number of unbranched alkanes of at least 4 members (excludes halogenated alkanes) is 1. The molecule has 32 heavy (non-hydrogen) atoms. The summed E-state index contributed by atoms with van der Waals surface area (Å²) in [6.07, 6.45) is 6.43. The third-order valence-electron chi connectivity index (χ3n) is 5.50. The van der Waals surface area contributed by atoms with E-state index in [0.29, 0.717) is 13.2 Å². The van der Waals surface area contributed by atoms with Crippen molar-refractivity contribution in [2.75, 3.05) is 13.2 Å². The number of benzene rings is 2. The van der Waals surface area contributed by atoms with Crippen LogP contribution in [-0.2, 0) is 24.2 Å². The van der Waals surface area contributed by atoms with Crippen LogP contribution in [0.1, 0.15) is 44.5 Å². The van der Waals surface area contributed by atoms with Gasteiger partial charge in [-0.1, -0.05) is 50.3 Å². The number of hydrogen-bond donors (Lipinski definition) is 1. The van der Waals surface area contributed by atoms with Crippen molar-refractivity contribution in [3.8, 4) is 5.75 Å². The van der Waals surface area contributed by atoms with Gasteiger partial charge in [0.2, 0.25) is 5.91 Å². The van der Waals surface area contributed by atoms with E-state index in [1.807, 2.05) is 44.2 Å². The molecule has 1 heterocycles. The van der Waals surface area contributed by atoms with E-state index in [0.717, 1.165) is 55.7 Å². The SMILES string of the molecule is C=CCc1ccccc1OCCCCn1c(CCCNC(=O)C(C)C)nc2ccccc21. The maximum atomic E-state index is 11.8. The third-order valence-corrected chi connectivity index (χ3v) is 5.50. The number of fused-ring (bicyclic) bond motifs is 1. The summed E-state index contributed by atoms with van der Waals surface area (Å²) in [5, 5.41) is 3.00. The molecule has 0 saturated carbocycles. The second-order valence-corrected chi connectivity index (χ2v) is 8.37. The first-order valence-corrected chi connectivity index (χ1v) is 11.6. The molecule has 1 N–H and O–H groups in total. The quantitative estimate of drug-likeness (QED) is 0.293. The average molecular weight is 434 g/mol. The molecule has 0 aliphatic rings. The lowest BCUT2D eigenvalue weighted by Crippen LogP contribution is -2.28. The zero-order valence-corrected chi connectivity index (χ0v) is 19.3. The Balaban J connectivity index is 1.54. The van der Waals surface area contributed by atoms with Crippen molar-refractivity contribution < 1.29 is 9.53 Å². The number of rotatable bonds is 13. The number of allylic oxidation sites excluding steroid dienone is 1. The highest BCUT2D eigenvalue weighted by atomic mass is 16.5. The average Bonchev–Trinajstić information content (AvgIpc) is 3.15. The van der Waals surface area contributed by atoms with E-state index in [1.54, 1.807) is 0 Å². The van der Waals surface area contributed by atoms with Crippen LogP contribution in [-0.4, -0.2) is 28.6 Å². The molecule has 1 amide bonds. The number of carbonyl (C=O) groups is 1. The van der Waals surface area contributed by atoms with Crippen molar-refractivity contribution in [3.63, 3.8) is 0 Å². The highest BCUT2D eigenvalue weighted by Crippen LogP contribution is 2.20. The van der Waals surface area contributed by atoms with Gasteiger partial charge in [0.05, 0.1) is 17.6 Å². The number of para-hydroxylation sites is 3. The van der Waals surface area contributed by atoms with Gasteiger partial charge in [-0.25, -0.2) is 4.98 Å². The van der Waals surface area contributed by atoms with Gasteiger partial charge >= 0.3 is 0 Å². The number of nitrogens with one attached hydrogen (secondary N) is 1. The molecule has 2 aromatic carbocycles. The largest absolute Gasteiger partial charge is 0.493 e. The van der Waals surface area contributed by atoms with Gasteiger partial charge in [-0.05, 0) is 49.4 Å². The van der Waals surface area contributed by atoms with Gasteiger partial charge in [-0.3, -0.25) is 4.79 Å². The molecule has 0 saturated heterocycles. The Hall–Kier alpha value is -3.08. The number of carbonyl (C=O) groups excluding carboxylic acids is 1. The summed E-state index contributed by atoms with van der Waals surface area (Å²) in [6.45, 7) is 9.93. The summed E-state index contributed by atoms with van der Waals surface area (Å²) in [5.41, 5.74) is 3.38. The summed E-state index contributed by atoms with van der Waals surface area (Å²) < 4.78 is 8.36. The first-order valence-electron chi connectivity index (χ1n) is 11.6. The first-order chi connectivity index (χ1) is 15.6. The molecule has 5 nitrogen and oxygen atoms in total. The van der Waals surface area contributed by atoms with Crippen LogP contribution in [0.2, 0.25) is 0 Å². The van der Waals surface area contributed by atoms with Crippen LogP contribution < -0.4 is 10.1 Å². The van der Waals surface area contributed by atoms with Gasteiger partial charge < -0.3 is 14.6 Å². The lowest BCUT2D eigenvalue weighted by Gasteiger charge is -2.12. The predicted octanol–water partition coefficient (Wildman–Crippen LogP) is 5.33. The van der Waals surface area contributed by atoms with Crippen molar-refractivity contribution in [2.45, 2.75) is 52.5 Å². The molecule has 0 unspecified atom stereocenters. The van der Waals surface area contributed by atoms with Crippen LogP contribution in [0.4, 0.5) is 0 Å². The molecule has 0 spiro atoms. The number of aryl methyl sites for hydroxylation is 2. The second-order valence-electron chi connectivity index (χ2n) is 8.37. The lowest BCUT2D eigenvalue weighted by atomic mass is 10.1. The molecule has 1 aromatic heterocycles. The van der Waals surface area contributed by atoms with Crippen LogP contribution in [0.25, 0.3) is 11.0 Å². The molecule has 170 valence electrons. The Morgan fingerprint density at radius 1 is 1.12 bits per heavy atom. The number of imidazole rings is 1. The molecule has 0 atom stereocenters. The third kappa shape index (κ3) is 6.46. The van der Waals surface area contributed by atoms with E-state index in [2.05, 4.69) is 40.7 Å². The summed E-state index contributed by atoms with van der Waals surface area (Å²) >= 11 is 0. The normalized spacial score (nSPS) is 11.1. The minimum atomic E-state index is 0.0190. The summed E-state index contributed by atoms with van der Waals surface area (Å²) in [6, 6.07) is 16.4. The molecule has 0 aliphatic carbocycles. The number of hydrogen-bond acceptors (Lipinski definition) is 3. The van der Waals surface area contributed by atoms with E-state index >= 15 is 0 Å². The van der Waals surface area contributed by atoms with E-state index < -0.39 is 0 Å². The van der Waals surface area contributed by atoms with Gasteiger partial charge in [-0.2, -0.15) is 0 Å². The molecule has 3 aromatic rings. The number of nitrogens with zero attached hydrogens (tertiary/aromatic N) is 2. The summed E-state index contributed by atoms with van der Waals surface area (Å²) in [7, 11) is 0. The zero-order chi connectivity index (χ0) is 22.8. The molecule has 0 radical (unpaired) electrons. The van der Waals surface area contributed by atoms with Crippen LogP contribution in [0.3, 0.4) is 0 Å². The van der Waals surface area contributed by atoms with Crippen molar-refractivity contribution in [3.05, 3.63) is 72.6 Å². The zero-order valence-electron chi connectivity index (χ0n) is 19.3. The van der Waals surface area contributed by atoms with E-state index in [1.165, 1.54) is 11.1 Å². The second kappa shape index (κ2) is 12.1. The van der Waals surface area contributed by atoms with Crippen molar-refractivity contribution in [2.24, 2.45) is 5.92 Å². The maximum absolute atomic E-state index is 11.8. The fourth-order valence-corrected chi connectivity index (χ4v) is 3.75. The fourth-order valence-electron chi connectivity index (χ4n) is 3.75. The number of aromatic nitrogens is 2. The van der Waals surface area contributed by atoms with E-state index in [9.17, 15) is 4.79 Å². The van der Waals surface area contributed by atoms with Crippen LogP contribution in [0.15, 0.2) is 61.2 Å². The molecule has 5 heteroatoms. The van der Waals surface area contributed by atoms with Gasteiger partial charge in [0.1, 0.15) is 11.6 Å². The smallest absolute Gasteiger partial charge is 0.222 e. The van der Waals surface area contributed by atoms with Crippen LogP contribution >= 0.6 is 0 Å². The van der Waals surface area contributed by atoms with Gasteiger partial charge in [-0.15, -0.1) is 6.58 Å². The highest BCUT2D eigenvalue weighted by molar-refractivity contribution is 5.77. The van der Waals surface area contributed by atoms with Crippen molar-refractivity contribution in [1.82, 2.24) is 14.9 Å². The number of ether oxygens (including phenoxy) is 1. The Morgan fingerprint density at radius 3 is 2.72 bits per heavy atom. The Bertz CT molecular complexity index is 1020. The van der Waals surface area contributed by atoms with Crippen LogP contribution in [0.5, 0.6) is 5.75 Å². The minimum Gasteiger partial charge on any atom is -0.493 e. The monoisotopic (exact) mass is 433 g/mol. The van der Waals surface area contributed by atoms with Gasteiger partial charge in [0, 0.05) is 25.4 Å². The predicted molar refractivity (Wildman–Crippen MR) is 131 cm³/mol. The van der Waals surface area contributed by atoms with Crippen molar-refractivity contribution >= 4 is 16.9 Å². The standard InChI is InChI=1S/C27H35N3O2/c1-4-12-22-13-5-8-16-25(22)32-20-10-9-19-30-24-15-7-6-14-23(24)29-26(30)17-11-18-28-27(31)21(2)3/h4-8,13-16,21H,1,9-12,17-20H2,2-3H3,(H,28,31). The molecule has 3 rings (SSSR count). The highest BCUT2D eigenvalue weighted by Gasteiger charge is 2.11. The fraction of sp³-hybridized carbons (Fsp3) is 0.407. The topological polar surface area (TPSA) is 56.1 Å². The van der Waals surface area contributed by atoms with Gasteiger partial charge in [0.15, 0.2) is 0 Å². The first kappa shape index (κ1) is 23.6. The summed E-state index contributed by atoms with van der Waals surface area (Å²) in [5.74, 6) is 2.16. The molecule has 0 fully saturated rings. The van der Waals surface area contributed by atoms with E-state index in [-0.39, 0.29) is 11.8 Å². The molecular formula is C27H35N3O2. The Labute approximate surface area is 191 Å². The Kier molecular flexibility index (Phi) is 8.90. The molecule has 0 bridgehead atoms. The Morgan fingerprint density at radius 2 is 1.91 bits per heavy atom. The number of amides is 1. The van der Waals surface area contributed by atoms with E-state index in [4.69, 9.17) is 9.72 Å². The van der Waals surface area contributed by atoms with Crippen LogP contribution in [0, 0.1) is 5.92 Å². The maximum Gasteiger partial charge on any atom is 0.222 e. The van der Waals surface area contributed by atoms with Crippen molar-refractivity contribution in [1.29, 1.82) is 0 Å². The summed E-state index contributed by atoms with van der Waals surface area (Å²) in [4.78, 5) is 16.6. The van der Waals surface area contributed by atoms with Gasteiger partial charge in [0.25, 0.3) is 0 Å². The minimum absolute atomic E-state index is 0.0190. The molecular weight excluding hydrogens is 398 g/mol. The molecule has 0 aliphatic heterocycles. The lowest BCUT2D eigenvalue weighted by molar-refractivity contribution is -0.123.